The monoisotopic (exact) mass is 326 g/mol. The van der Waals surface area contributed by atoms with Crippen molar-refractivity contribution in [3.63, 3.8) is 0 Å². The molecule has 1 fully saturated rings. The average molecular weight is 326 g/mol. The first-order chi connectivity index (χ1) is 11.8. The summed E-state index contributed by atoms with van der Waals surface area (Å²) in [7, 11) is 0. The molecule has 1 aromatic heterocycles. The van der Waals surface area contributed by atoms with Gasteiger partial charge in [0.05, 0.1) is 18.5 Å². The van der Waals surface area contributed by atoms with E-state index in [1.165, 1.54) is 11.8 Å². The third-order valence-corrected chi connectivity index (χ3v) is 3.96. The highest BCUT2D eigenvalue weighted by atomic mass is 16.5. The average Bonchev–Trinajstić information content (AvgIpc) is 3.15. The van der Waals surface area contributed by atoms with Gasteiger partial charge in [-0.1, -0.05) is 30.3 Å². The fraction of sp³-hybridized carbons (Fsp3) is 0.389. The van der Waals surface area contributed by atoms with Gasteiger partial charge in [-0.15, -0.1) is 0 Å². The van der Waals surface area contributed by atoms with Gasteiger partial charge in [0.15, 0.2) is 0 Å². The standard InChI is InChI=1S/C18H22N4O2/c23-18(19-9-8-14-5-2-1-3-6-14)16-12-22-17(13-20-16)21-11-15-7-4-10-24-15/h1-3,5-6,12-13,15H,4,7-11H2,(H,19,23)(H,21,22). The summed E-state index contributed by atoms with van der Waals surface area (Å²) in [6.45, 7) is 2.13. The Morgan fingerprint density at radius 3 is 2.79 bits per heavy atom. The second kappa shape index (κ2) is 8.40. The highest BCUT2D eigenvalue weighted by molar-refractivity contribution is 5.91. The minimum absolute atomic E-state index is 0.205. The predicted molar refractivity (Wildman–Crippen MR) is 92.0 cm³/mol. The van der Waals surface area contributed by atoms with E-state index in [0.29, 0.717) is 18.1 Å². The second-order valence-corrected chi connectivity index (χ2v) is 5.79. The van der Waals surface area contributed by atoms with E-state index in [9.17, 15) is 4.79 Å². The van der Waals surface area contributed by atoms with Crippen LogP contribution in [0.1, 0.15) is 28.9 Å². The predicted octanol–water partition coefficient (Wildman–Crippen LogP) is 2.04. The van der Waals surface area contributed by atoms with Crippen LogP contribution in [-0.2, 0) is 11.2 Å². The molecule has 1 unspecified atom stereocenters. The van der Waals surface area contributed by atoms with Gasteiger partial charge in [-0.3, -0.25) is 4.79 Å². The highest BCUT2D eigenvalue weighted by Gasteiger charge is 2.15. The first-order valence-corrected chi connectivity index (χ1v) is 8.31. The van der Waals surface area contributed by atoms with Gasteiger partial charge in [0.25, 0.3) is 5.91 Å². The minimum atomic E-state index is -0.205. The van der Waals surface area contributed by atoms with Crippen LogP contribution in [0.5, 0.6) is 0 Å². The lowest BCUT2D eigenvalue weighted by atomic mass is 10.1. The number of anilines is 1. The number of carbonyl (C=O) groups excluding carboxylic acids is 1. The molecule has 2 N–H and O–H groups in total. The molecule has 3 rings (SSSR count). The number of benzene rings is 1. The van der Waals surface area contributed by atoms with Crippen LogP contribution >= 0.6 is 0 Å². The van der Waals surface area contributed by atoms with E-state index < -0.39 is 0 Å². The van der Waals surface area contributed by atoms with Gasteiger partial charge in [-0.05, 0) is 24.8 Å². The molecule has 1 aliphatic rings. The Kier molecular flexibility index (Phi) is 5.74. The Morgan fingerprint density at radius 2 is 2.08 bits per heavy atom. The van der Waals surface area contributed by atoms with Crippen molar-refractivity contribution in [2.45, 2.75) is 25.4 Å². The largest absolute Gasteiger partial charge is 0.376 e. The summed E-state index contributed by atoms with van der Waals surface area (Å²) in [6, 6.07) is 10.0. The maximum atomic E-state index is 12.1. The van der Waals surface area contributed by atoms with Crippen LogP contribution in [0.2, 0.25) is 0 Å². The molecule has 0 aliphatic carbocycles. The zero-order chi connectivity index (χ0) is 16.6. The topological polar surface area (TPSA) is 76.1 Å². The summed E-state index contributed by atoms with van der Waals surface area (Å²) in [5.41, 5.74) is 1.52. The molecule has 2 heterocycles. The van der Waals surface area contributed by atoms with Crippen LogP contribution in [-0.4, -0.2) is 41.7 Å². The second-order valence-electron chi connectivity index (χ2n) is 5.79. The van der Waals surface area contributed by atoms with E-state index in [4.69, 9.17) is 4.74 Å². The zero-order valence-electron chi connectivity index (χ0n) is 13.6. The third-order valence-electron chi connectivity index (χ3n) is 3.96. The molecule has 0 bridgehead atoms. The molecule has 1 amide bonds. The molecule has 0 spiro atoms. The van der Waals surface area contributed by atoms with E-state index in [1.807, 2.05) is 30.3 Å². The van der Waals surface area contributed by atoms with Crippen LogP contribution in [0, 0.1) is 0 Å². The summed E-state index contributed by atoms with van der Waals surface area (Å²) in [5, 5.41) is 6.05. The van der Waals surface area contributed by atoms with Crippen molar-refractivity contribution in [1.29, 1.82) is 0 Å². The molecule has 1 aliphatic heterocycles. The molecule has 0 radical (unpaired) electrons. The number of hydrogen-bond donors (Lipinski definition) is 2. The van der Waals surface area contributed by atoms with E-state index in [-0.39, 0.29) is 12.0 Å². The molecular formula is C18H22N4O2. The number of amides is 1. The van der Waals surface area contributed by atoms with Gasteiger partial charge in [-0.25, -0.2) is 9.97 Å². The third kappa shape index (κ3) is 4.76. The number of ether oxygens (including phenoxy) is 1. The quantitative estimate of drug-likeness (QED) is 0.814. The Morgan fingerprint density at radius 1 is 1.21 bits per heavy atom. The van der Waals surface area contributed by atoms with Crippen molar-refractivity contribution in [2.24, 2.45) is 0 Å². The van der Waals surface area contributed by atoms with E-state index in [0.717, 1.165) is 32.4 Å². The van der Waals surface area contributed by atoms with Crippen molar-refractivity contribution < 1.29 is 9.53 Å². The van der Waals surface area contributed by atoms with Crippen LogP contribution in [0.4, 0.5) is 5.82 Å². The maximum absolute atomic E-state index is 12.1. The molecular weight excluding hydrogens is 304 g/mol. The molecule has 1 saturated heterocycles. The smallest absolute Gasteiger partial charge is 0.271 e. The normalized spacial score (nSPS) is 16.8. The van der Waals surface area contributed by atoms with Crippen LogP contribution < -0.4 is 10.6 Å². The summed E-state index contributed by atoms with van der Waals surface area (Å²) in [6.07, 6.45) is 6.30. The Hall–Kier alpha value is -2.47. The fourth-order valence-electron chi connectivity index (χ4n) is 2.62. The number of nitrogens with zero attached hydrogens (tertiary/aromatic N) is 2. The van der Waals surface area contributed by atoms with Crippen LogP contribution in [0.3, 0.4) is 0 Å². The molecule has 126 valence electrons. The lowest BCUT2D eigenvalue weighted by Gasteiger charge is -2.11. The molecule has 0 saturated carbocycles. The Balaban J connectivity index is 1.43. The number of nitrogens with one attached hydrogen (secondary N) is 2. The van der Waals surface area contributed by atoms with E-state index in [2.05, 4.69) is 20.6 Å². The van der Waals surface area contributed by atoms with E-state index in [1.54, 1.807) is 6.20 Å². The molecule has 6 heteroatoms. The van der Waals surface area contributed by atoms with Gasteiger partial charge in [-0.2, -0.15) is 0 Å². The Bertz CT molecular complexity index is 640. The molecule has 1 aromatic carbocycles. The first-order valence-electron chi connectivity index (χ1n) is 8.31. The lowest BCUT2D eigenvalue weighted by molar-refractivity contribution is 0.0948. The Labute approximate surface area is 141 Å². The summed E-state index contributed by atoms with van der Waals surface area (Å²) < 4.78 is 5.54. The van der Waals surface area contributed by atoms with Gasteiger partial charge in [0.2, 0.25) is 0 Å². The number of carbonyl (C=O) groups is 1. The van der Waals surface area contributed by atoms with Crippen molar-refractivity contribution in [2.75, 3.05) is 25.0 Å². The summed E-state index contributed by atoms with van der Waals surface area (Å²) in [5.74, 6) is 0.454. The maximum Gasteiger partial charge on any atom is 0.271 e. The molecule has 1 atom stereocenters. The van der Waals surface area contributed by atoms with Crippen molar-refractivity contribution >= 4 is 11.7 Å². The van der Waals surface area contributed by atoms with Gasteiger partial charge < -0.3 is 15.4 Å². The van der Waals surface area contributed by atoms with Crippen molar-refractivity contribution in [1.82, 2.24) is 15.3 Å². The van der Waals surface area contributed by atoms with E-state index >= 15 is 0 Å². The van der Waals surface area contributed by atoms with Crippen LogP contribution in [0.15, 0.2) is 42.7 Å². The lowest BCUT2D eigenvalue weighted by Crippen LogP contribution is -2.27. The van der Waals surface area contributed by atoms with Crippen LogP contribution in [0.25, 0.3) is 0 Å². The molecule has 6 nitrogen and oxygen atoms in total. The fourth-order valence-corrected chi connectivity index (χ4v) is 2.62. The molecule has 2 aromatic rings. The SMILES string of the molecule is O=C(NCCc1ccccc1)c1cnc(NCC2CCCO2)cn1. The minimum Gasteiger partial charge on any atom is -0.376 e. The zero-order valence-corrected chi connectivity index (χ0v) is 13.6. The van der Waals surface area contributed by atoms with Crippen molar-refractivity contribution in [3.05, 3.63) is 54.0 Å². The molecule has 24 heavy (non-hydrogen) atoms. The van der Waals surface area contributed by atoms with Gasteiger partial charge in [0, 0.05) is 19.7 Å². The number of aromatic nitrogens is 2. The van der Waals surface area contributed by atoms with Gasteiger partial charge >= 0.3 is 0 Å². The number of hydrogen-bond acceptors (Lipinski definition) is 5. The van der Waals surface area contributed by atoms with Gasteiger partial charge in [0.1, 0.15) is 11.5 Å². The summed E-state index contributed by atoms with van der Waals surface area (Å²) in [4.78, 5) is 20.5. The summed E-state index contributed by atoms with van der Waals surface area (Å²) >= 11 is 0. The van der Waals surface area contributed by atoms with Crippen molar-refractivity contribution in [3.8, 4) is 0 Å². The highest BCUT2D eigenvalue weighted by Crippen LogP contribution is 2.12. The number of rotatable bonds is 7. The first kappa shape index (κ1) is 16.4.